The van der Waals surface area contributed by atoms with Crippen molar-refractivity contribution >= 4 is 11.2 Å². The first-order valence-corrected chi connectivity index (χ1v) is 3.28. The number of nitriles is 1. The molecule has 0 radical (unpaired) electrons. The van der Waals surface area contributed by atoms with Crippen LogP contribution in [0.4, 0.5) is 0 Å². The number of nitrogens with one attached hydrogen (secondary N) is 2. The van der Waals surface area contributed by atoms with Crippen molar-refractivity contribution in [2.75, 3.05) is 0 Å². The standard InChI is InChI=1S/C7H4N4O/c8-2-4-1-5-6(9-3-4)11-7(12)10-5/h1,3H,(H2,9,10,11,12). The van der Waals surface area contributed by atoms with Crippen molar-refractivity contribution in [2.24, 2.45) is 0 Å². The number of pyridine rings is 1. The Hall–Kier alpha value is -2.09. The van der Waals surface area contributed by atoms with E-state index in [0.717, 1.165) is 0 Å². The molecular weight excluding hydrogens is 156 g/mol. The summed E-state index contributed by atoms with van der Waals surface area (Å²) < 4.78 is 0. The number of aromatic nitrogens is 3. The van der Waals surface area contributed by atoms with Crippen molar-refractivity contribution in [3.63, 3.8) is 0 Å². The van der Waals surface area contributed by atoms with Crippen LogP contribution in [0, 0.1) is 11.3 Å². The van der Waals surface area contributed by atoms with Crippen LogP contribution in [0.1, 0.15) is 5.56 Å². The van der Waals surface area contributed by atoms with Crippen molar-refractivity contribution < 1.29 is 0 Å². The van der Waals surface area contributed by atoms with Gasteiger partial charge in [0.15, 0.2) is 5.65 Å². The van der Waals surface area contributed by atoms with E-state index >= 15 is 0 Å². The van der Waals surface area contributed by atoms with Gasteiger partial charge < -0.3 is 4.98 Å². The van der Waals surface area contributed by atoms with E-state index in [-0.39, 0.29) is 5.69 Å². The Bertz CT molecular complexity index is 516. The first-order valence-electron chi connectivity index (χ1n) is 3.28. The Morgan fingerprint density at radius 3 is 3.08 bits per heavy atom. The lowest BCUT2D eigenvalue weighted by Crippen LogP contribution is -1.99. The second kappa shape index (κ2) is 2.20. The number of fused-ring (bicyclic) bond motifs is 1. The van der Waals surface area contributed by atoms with Crippen molar-refractivity contribution in [3.8, 4) is 6.07 Å². The fraction of sp³-hybridized carbons (Fsp3) is 0. The van der Waals surface area contributed by atoms with Gasteiger partial charge in [0.25, 0.3) is 0 Å². The van der Waals surface area contributed by atoms with E-state index < -0.39 is 0 Å². The highest BCUT2D eigenvalue weighted by molar-refractivity contribution is 5.70. The van der Waals surface area contributed by atoms with Crippen LogP contribution in [0.3, 0.4) is 0 Å². The summed E-state index contributed by atoms with van der Waals surface area (Å²) in [5.41, 5.74) is 1.14. The molecule has 2 N–H and O–H groups in total. The number of nitrogens with zero attached hydrogens (tertiary/aromatic N) is 2. The maximum absolute atomic E-state index is 10.8. The van der Waals surface area contributed by atoms with Crippen LogP contribution >= 0.6 is 0 Å². The van der Waals surface area contributed by atoms with Crippen LogP contribution in [0.25, 0.3) is 11.2 Å². The number of aromatic amines is 2. The third-order valence-corrected chi connectivity index (χ3v) is 1.50. The van der Waals surface area contributed by atoms with Gasteiger partial charge in [0, 0.05) is 6.20 Å². The van der Waals surface area contributed by atoms with Gasteiger partial charge in [-0.15, -0.1) is 0 Å². The van der Waals surface area contributed by atoms with Crippen LogP contribution in [0.2, 0.25) is 0 Å². The van der Waals surface area contributed by atoms with Gasteiger partial charge in [0.05, 0.1) is 11.1 Å². The summed E-state index contributed by atoms with van der Waals surface area (Å²) in [5.74, 6) is 0. The van der Waals surface area contributed by atoms with Gasteiger partial charge in [0.1, 0.15) is 6.07 Å². The molecule has 2 rings (SSSR count). The molecule has 2 aromatic heterocycles. The molecular formula is C7H4N4O. The molecule has 0 aliphatic carbocycles. The molecule has 5 heteroatoms. The molecule has 5 nitrogen and oxygen atoms in total. The van der Waals surface area contributed by atoms with E-state index in [4.69, 9.17) is 5.26 Å². The van der Waals surface area contributed by atoms with Crippen molar-refractivity contribution in [2.45, 2.75) is 0 Å². The molecule has 0 bridgehead atoms. The second-order valence-electron chi connectivity index (χ2n) is 2.31. The maximum atomic E-state index is 10.8. The zero-order valence-corrected chi connectivity index (χ0v) is 5.96. The summed E-state index contributed by atoms with van der Waals surface area (Å²) in [6.45, 7) is 0. The number of hydrogen-bond donors (Lipinski definition) is 2. The monoisotopic (exact) mass is 160 g/mol. The summed E-state index contributed by atoms with van der Waals surface area (Å²) in [4.78, 5) is 19.6. The predicted octanol–water partition coefficient (Wildman–Crippen LogP) is 0.123. The molecule has 0 aliphatic heterocycles. The molecule has 0 atom stereocenters. The zero-order chi connectivity index (χ0) is 8.55. The molecule has 0 aliphatic rings. The molecule has 0 unspecified atom stereocenters. The molecule has 0 spiro atoms. The average molecular weight is 160 g/mol. The van der Waals surface area contributed by atoms with Crippen LogP contribution < -0.4 is 5.69 Å². The molecule has 0 amide bonds. The van der Waals surface area contributed by atoms with Crippen molar-refractivity contribution in [1.82, 2.24) is 15.0 Å². The van der Waals surface area contributed by atoms with Crippen LogP contribution in [-0.4, -0.2) is 15.0 Å². The molecule has 2 aromatic rings. The molecule has 58 valence electrons. The van der Waals surface area contributed by atoms with E-state index in [1.54, 1.807) is 6.07 Å². The molecule has 0 fully saturated rings. The molecule has 0 aromatic carbocycles. The van der Waals surface area contributed by atoms with Gasteiger partial charge in [-0.1, -0.05) is 0 Å². The third kappa shape index (κ3) is 0.864. The van der Waals surface area contributed by atoms with Crippen molar-refractivity contribution in [3.05, 3.63) is 28.3 Å². The van der Waals surface area contributed by atoms with Gasteiger partial charge in [-0.25, -0.2) is 9.78 Å². The number of imidazole rings is 1. The largest absolute Gasteiger partial charge is 0.325 e. The van der Waals surface area contributed by atoms with Gasteiger partial charge in [-0.2, -0.15) is 5.26 Å². The predicted molar refractivity (Wildman–Crippen MR) is 41.4 cm³/mol. The summed E-state index contributed by atoms with van der Waals surface area (Å²) >= 11 is 0. The topological polar surface area (TPSA) is 85.3 Å². The number of rotatable bonds is 0. The van der Waals surface area contributed by atoms with Crippen molar-refractivity contribution in [1.29, 1.82) is 5.26 Å². The fourth-order valence-corrected chi connectivity index (χ4v) is 0.982. The van der Waals surface area contributed by atoms with Gasteiger partial charge in [-0.3, -0.25) is 4.98 Å². The van der Waals surface area contributed by atoms with E-state index in [2.05, 4.69) is 15.0 Å². The Labute approximate surface area is 66.7 Å². The summed E-state index contributed by atoms with van der Waals surface area (Å²) in [6.07, 6.45) is 1.41. The third-order valence-electron chi connectivity index (χ3n) is 1.50. The minimum Gasteiger partial charge on any atom is -0.304 e. The molecule has 0 saturated carbocycles. The first kappa shape index (κ1) is 6.61. The molecule has 12 heavy (non-hydrogen) atoms. The van der Waals surface area contributed by atoms with E-state index in [1.165, 1.54) is 6.20 Å². The lowest BCUT2D eigenvalue weighted by molar-refractivity contribution is 1.20. The SMILES string of the molecule is N#Cc1cnc2[nH]c(=O)[nH]c2c1. The Morgan fingerprint density at radius 1 is 1.50 bits per heavy atom. The summed E-state index contributed by atoms with van der Waals surface area (Å²) in [6, 6.07) is 3.50. The molecule has 0 saturated heterocycles. The van der Waals surface area contributed by atoms with E-state index in [9.17, 15) is 4.79 Å². The average Bonchev–Trinajstić information content (AvgIpc) is 2.43. The lowest BCUT2D eigenvalue weighted by atomic mass is 10.3. The highest BCUT2D eigenvalue weighted by Crippen LogP contribution is 2.04. The highest BCUT2D eigenvalue weighted by atomic mass is 16.1. The first-order chi connectivity index (χ1) is 5.79. The zero-order valence-electron chi connectivity index (χ0n) is 5.96. The lowest BCUT2D eigenvalue weighted by Gasteiger charge is -1.86. The maximum Gasteiger partial charge on any atom is 0.325 e. The van der Waals surface area contributed by atoms with Crippen LogP contribution in [0.15, 0.2) is 17.1 Å². The molecule has 2 heterocycles. The number of hydrogen-bond acceptors (Lipinski definition) is 3. The van der Waals surface area contributed by atoms with Gasteiger partial charge in [0.2, 0.25) is 0 Å². The fourth-order valence-electron chi connectivity index (χ4n) is 0.982. The normalized spacial score (nSPS) is 9.92. The Kier molecular flexibility index (Phi) is 1.21. The van der Waals surface area contributed by atoms with E-state index in [0.29, 0.717) is 16.7 Å². The Morgan fingerprint density at radius 2 is 2.33 bits per heavy atom. The van der Waals surface area contributed by atoms with E-state index in [1.807, 2.05) is 6.07 Å². The Balaban J connectivity index is 2.85. The summed E-state index contributed by atoms with van der Waals surface area (Å²) in [5, 5.41) is 8.51. The highest BCUT2D eigenvalue weighted by Gasteiger charge is 1.99. The van der Waals surface area contributed by atoms with Gasteiger partial charge in [-0.05, 0) is 6.07 Å². The summed E-state index contributed by atoms with van der Waals surface area (Å²) in [7, 11) is 0. The van der Waals surface area contributed by atoms with Crippen LogP contribution in [0.5, 0.6) is 0 Å². The van der Waals surface area contributed by atoms with Crippen LogP contribution in [-0.2, 0) is 0 Å². The second-order valence-corrected chi connectivity index (χ2v) is 2.31. The van der Waals surface area contributed by atoms with Gasteiger partial charge >= 0.3 is 5.69 Å². The quantitative estimate of drug-likeness (QED) is 0.574. The number of H-pyrrole nitrogens is 2. The minimum absolute atomic E-state index is 0.312. The smallest absolute Gasteiger partial charge is 0.304 e. The minimum atomic E-state index is -0.312.